The fourth-order valence-corrected chi connectivity index (χ4v) is 2.88. The van der Waals surface area contributed by atoms with Crippen LogP contribution in [0.15, 0.2) is 22.7 Å². The molecule has 1 saturated carbocycles. The summed E-state index contributed by atoms with van der Waals surface area (Å²) < 4.78 is 13.4. The van der Waals surface area contributed by atoms with Crippen LogP contribution in [0.2, 0.25) is 0 Å². The van der Waals surface area contributed by atoms with Crippen molar-refractivity contribution in [2.24, 2.45) is 5.92 Å². The summed E-state index contributed by atoms with van der Waals surface area (Å²) in [5.74, 6) is 0.100. The molecule has 0 bridgehead atoms. The predicted octanol–water partition coefficient (Wildman–Crippen LogP) is 3.90. The van der Waals surface area contributed by atoms with Crippen molar-refractivity contribution < 1.29 is 9.18 Å². The van der Waals surface area contributed by atoms with Gasteiger partial charge in [-0.2, -0.15) is 0 Å². The van der Waals surface area contributed by atoms with Crippen LogP contribution in [0, 0.1) is 11.7 Å². The first-order valence-electron chi connectivity index (χ1n) is 6.34. The smallest absolute Gasteiger partial charge is 0.251 e. The molecular weight excluding hydrogens is 297 g/mol. The average molecular weight is 314 g/mol. The third-order valence-electron chi connectivity index (χ3n) is 3.65. The predicted molar refractivity (Wildman–Crippen MR) is 73.0 cm³/mol. The summed E-state index contributed by atoms with van der Waals surface area (Å²) in [5, 5.41) is 3.00. The molecule has 1 N–H and O–H groups in total. The summed E-state index contributed by atoms with van der Waals surface area (Å²) in [6.07, 6.45) is 4.89. The van der Waals surface area contributed by atoms with Crippen LogP contribution in [0.25, 0.3) is 0 Å². The Hall–Kier alpha value is -0.900. The number of carbonyl (C=O) groups is 1. The van der Waals surface area contributed by atoms with E-state index in [4.69, 9.17) is 0 Å². The van der Waals surface area contributed by atoms with Crippen molar-refractivity contribution in [3.8, 4) is 0 Å². The standard InChI is InChI=1S/C14H17BrFNO/c1-9(10-4-2-3-5-10)17-14(18)11-6-7-13(16)12(15)8-11/h6-10H,2-5H2,1H3,(H,17,18). The number of carbonyl (C=O) groups excluding carboxylic acids is 1. The Labute approximate surface area is 115 Å². The molecule has 1 aromatic rings. The molecule has 1 amide bonds. The lowest BCUT2D eigenvalue weighted by Crippen LogP contribution is -2.37. The second-order valence-electron chi connectivity index (χ2n) is 4.94. The molecule has 1 fully saturated rings. The Balaban J connectivity index is 2.00. The van der Waals surface area contributed by atoms with Crippen LogP contribution >= 0.6 is 15.9 Å². The van der Waals surface area contributed by atoms with Crippen molar-refractivity contribution in [1.82, 2.24) is 5.32 Å². The molecule has 4 heteroatoms. The Morgan fingerprint density at radius 2 is 2.11 bits per heavy atom. The van der Waals surface area contributed by atoms with Gasteiger partial charge in [-0.1, -0.05) is 12.8 Å². The normalized spacial score (nSPS) is 17.7. The average Bonchev–Trinajstić information content (AvgIpc) is 2.86. The monoisotopic (exact) mass is 313 g/mol. The SMILES string of the molecule is CC(NC(=O)c1ccc(F)c(Br)c1)C1CCCC1. The molecule has 0 radical (unpaired) electrons. The van der Waals surface area contributed by atoms with E-state index in [-0.39, 0.29) is 17.8 Å². The molecule has 98 valence electrons. The molecule has 0 spiro atoms. The zero-order valence-electron chi connectivity index (χ0n) is 10.4. The van der Waals surface area contributed by atoms with Gasteiger partial charge in [-0.3, -0.25) is 4.79 Å². The Morgan fingerprint density at radius 3 is 2.72 bits per heavy atom. The number of hydrogen-bond acceptors (Lipinski definition) is 1. The number of nitrogens with one attached hydrogen (secondary N) is 1. The zero-order valence-corrected chi connectivity index (χ0v) is 12.0. The van der Waals surface area contributed by atoms with Gasteiger partial charge >= 0.3 is 0 Å². The largest absolute Gasteiger partial charge is 0.349 e. The molecule has 0 heterocycles. The minimum absolute atomic E-state index is 0.130. The third kappa shape index (κ3) is 3.10. The number of halogens is 2. The summed E-state index contributed by atoms with van der Waals surface area (Å²) in [7, 11) is 0. The topological polar surface area (TPSA) is 29.1 Å². The van der Waals surface area contributed by atoms with Crippen molar-refractivity contribution in [3.05, 3.63) is 34.1 Å². The summed E-state index contributed by atoms with van der Waals surface area (Å²) >= 11 is 3.09. The van der Waals surface area contributed by atoms with Crippen LogP contribution in [-0.2, 0) is 0 Å². The maximum Gasteiger partial charge on any atom is 0.251 e. The minimum atomic E-state index is -0.351. The van der Waals surface area contributed by atoms with Gasteiger partial charge in [-0.05, 0) is 59.8 Å². The summed E-state index contributed by atoms with van der Waals surface area (Å²) in [5.41, 5.74) is 0.494. The number of hydrogen-bond donors (Lipinski definition) is 1. The van der Waals surface area contributed by atoms with Crippen LogP contribution in [0.1, 0.15) is 43.0 Å². The second kappa shape index (κ2) is 5.83. The number of benzene rings is 1. The Morgan fingerprint density at radius 1 is 1.44 bits per heavy atom. The van der Waals surface area contributed by atoms with E-state index >= 15 is 0 Å². The first-order valence-corrected chi connectivity index (χ1v) is 7.13. The number of amides is 1. The molecule has 0 saturated heterocycles. The van der Waals surface area contributed by atoms with E-state index in [9.17, 15) is 9.18 Å². The van der Waals surface area contributed by atoms with Crippen LogP contribution in [-0.4, -0.2) is 11.9 Å². The van der Waals surface area contributed by atoms with Gasteiger partial charge in [-0.15, -0.1) is 0 Å². The van der Waals surface area contributed by atoms with Gasteiger partial charge in [0.1, 0.15) is 5.82 Å². The highest BCUT2D eigenvalue weighted by Crippen LogP contribution is 2.27. The van der Waals surface area contributed by atoms with Crippen LogP contribution in [0.4, 0.5) is 4.39 Å². The lowest BCUT2D eigenvalue weighted by atomic mass is 9.99. The van der Waals surface area contributed by atoms with Gasteiger partial charge in [0.05, 0.1) is 4.47 Å². The summed E-state index contributed by atoms with van der Waals surface area (Å²) in [4.78, 5) is 12.0. The van der Waals surface area contributed by atoms with Crippen LogP contribution < -0.4 is 5.32 Å². The van der Waals surface area contributed by atoms with Gasteiger partial charge in [0, 0.05) is 11.6 Å². The minimum Gasteiger partial charge on any atom is -0.349 e. The molecule has 1 atom stereocenters. The first-order chi connectivity index (χ1) is 8.58. The van der Waals surface area contributed by atoms with E-state index in [0.29, 0.717) is 16.0 Å². The molecule has 0 aliphatic heterocycles. The fourth-order valence-electron chi connectivity index (χ4n) is 2.50. The fraction of sp³-hybridized carbons (Fsp3) is 0.500. The van der Waals surface area contributed by atoms with E-state index in [0.717, 1.165) is 0 Å². The lowest BCUT2D eigenvalue weighted by molar-refractivity contribution is 0.0927. The molecule has 1 aliphatic carbocycles. The summed E-state index contributed by atoms with van der Waals surface area (Å²) in [6.45, 7) is 2.05. The molecule has 1 aromatic carbocycles. The van der Waals surface area contributed by atoms with E-state index in [1.165, 1.54) is 43.9 Å². The Bertz CT molecular complexity index is 443. The molecule has 2 rings (SSSR count). The summed E-state index contributed by atoms with van der Waals surface area (Å²) in [6, 6.07) is 4.52. The zero-order chi connectivity index (χ0) is 13.1. The van der Waals surface area contributed by atoms with Crippen molar-refractivity contribution >= 4 is 21.8 Å². The van der Waals surface area contributed by atoms with E-state index in [1.54, 1.807) is 0 Å². The lowest BCUT2D eigenvalue weighted by Gasteiger charge is -2.20. The van der Waals surface area contributed by atoms with Gasteiger partial charge in [0.15, 0.2) is 0 Å². The van der Waals surface area contributed by atoms with Crippen molar-refractivity contribution in [2.75, 3.05) is 0 Å². The van der Waals surface area contributed by atoms with Crippen molar-refractivity contribution in [2.45, 2.75) is 38.6 Å². The second-order valence-corrected chi connectivity index (χ2v) is 5.79. The van der Waals surface area contributed by atoms with E-state index in [1.807, 2.05) is 6.92 Å². The maximum atomic E-state index is 13.1. The highest BCUT2D eigenvalue weighted by Gasteiger charge is 2.23. The number of rotatable bonds is 3. The van der Waals surface area contributed by atoms with Crippen LogP contribution in [0.5, 0.6) is 0 Å². The first kappa shape index (κ1) is 13.5. The van der Waals surface area contributed by atoms with Crippen molar-refractivity contribution in [1.29, 1.82) is 0 Å². The van der Waals surface area contributed by atoms with Gasteiger partial charge in [-0.25, -0.2) is 4.39 Å². The highest BCUT2D eigenvalue weighted by molar-refractivity contribution is 9.10. The molecule has 0 aromatic heterocycles. The van der Waals surface area contributed by atoms with Gasteiger partial charge in [0.25, 0.3) is 5.91 Å². The molecular formula is C14H17BrFNO. The van der Waals surface area contributed by atoms with Gasteiger partial charge in [0.2, 0.25) is 0 Å². The highest BCUT2D eigenvalue weighted by atomic mass is 79.9. The third-order valence-corrected chi connectivity index (χ3v) is 4.26. The molecule has 1 aliphatic rings. The quantitative estimate of drug-likeness (QED) is 0.901. The molecule has 1 unspecified atom stereocenters. The van der Waals surface area contributed by atoms with E-state index < -0.39 is 0 Å². The van der Waals surface area contributed by atoms with Gasteiger partial charge < -0.3 is 5.32 Å². The van der Waals surface area contributed by atoms with Crippen LogP contribution in [0.3, 0.4) is 0 Å². The Kier molecular flexibility index (Phi) is 4.38. The molecule has 18 heavy (non-hydrogen) atoms. The van der Waals surface area contributed by atoms with E-state index in [2.05, 4.69) is 21.2 Å². The van der Waals surface area contributed by atoms with Crippen molar-refractivity contribution in [3.63, 3.8) is 0 Å². The molecule has 2 nitrogen and oxygen atoms in total. The maximum absolute atomic E-state index is 13.1.